The zero-order valence-corrected chi connectivity index (χ0v) is 27.4. The van der Waals surface area contributed by atoms with Crippen LogP contribution in [0.2, 0.25) is 0 Å². The second kappa shape index (κ2) is 10.6. The molecule has 5 heteroatoms. The van der Waals surface area contributed by atoms with Crippen molar-refractivity contribution < 1.29 is 0 Å². The molecule has 1 aliphatic carbocycles. The Hall–Kier alpha value is -6.82. The lowest BCUT2D eigenvalue weighted by Gasteiger charge is -2.25. The standard InChI is InChI=1S/C45H29N5/c1-28-35(26-46)44(49-39-22-10-4-16-31(39)32-17-5-11-23-40(32)49)45(50-41-24-12-6-18-33(41)34-19-7-13-25-42(34)50)36(27-47)43(28)48-37-20-8-2-14-29(37)30-15-3-9-21-38(30)48/h2,4-14,16-25H,3,15H2,1H3. The second-order valence-corrected chi connectivity index (χ2v) is 13.0. The highest BCUT2D eigenvalue weighted by Gasteiger charge is 2.31. The average Bonchev–Trinajstić information content (AvgIpc) is 3.80. The maximum atomic E-state index is 11.6. The molecule has 0 bridgehead atoms. The van der Waals surface area contributed by atoms with Crippen LogP contribution in [-0.4, -0.2) is 13.7 Å². The molecule has 0 N–H and O–H groups in total. The van der Waals surface area contributed by atoms with E-state index in [-0.39, 0.29) is 0 Å². The van der Waals surface area contributed by atoms with Crippen molar-refractivity contribution in [3.05, 3.63) is 155 Å². The molecule has 0 spiro atoms. The van der Waals surface area contributed by atoms with Gasteiger partial charge in [0.2, 0.25) is 0 Å². The maximum absolute atomic E-state index is 11.6. The molecule has 234 valence electrons. The summed E-state index contributed by atoms with van der Waals surface area (Å²) in [5.74, 6) is 0. The monoisotopic (exact) mass is 639 g/mol. The lowest BCUT2D eigenvalue weighted by Crippen LogP contribution is -2.15. The van der Waals surface area contributed by atoms with E-state index in [1.165, 1.54) is 10.9 Å². The SMILES string of the molecule is Cc1c(C#N)c(-n2c3ccccc3c3ccccc32)c(-n2c3ccccc3c3ccccc32)c(C#N)c1-n1c2c(c3ccccc31)CCC=C2. The van der Waals surface area contributed by atoms with Crippen molar-refractivity contribution in [2.45, 2.75) is 19.8 Å². The molecule has 5 nitrogen and oxygen atoms in total. The first kappa shape index (κ1) is 28.2. The summed E-state index contributed by atoms with van der Waals surface area (Å²) in [7, 11) is 0. The molecular formula is C45H29N5. The van der Waals surface area contributed by atoms with E-state index in [1.807, 2.05) is 31.2 Å². The summed E-state index contributed by atoms with van der Waals surface area (Å²) in [6.45, 7) is 2.01. The van der Waals surface area contributed by atoms with Gasteiger partial charge in [0.25, 0.3) is 0 Å². The molecule has 0 saturated heterocycles. The Labute approximate surface area is 288 Å². The van der Waals surface area contributed by atoms with E-state index in [9.17, 15) is 10.5 Å². The number of hydrogen-bond donors (Lipinski definition) is 0. The van der Waals surface area contributed by atoms with E-state index >= 15 is 0 Å². The molecule has 0 atom stereocenters. The molecule has 0 fully saturated rings. The molecule has 0 saturated carbocycles. The van der Waals surface area contributed by atoms with Crippen LogP contribution in [0.25, 0.3) is 77.7 Å². The van der Waals surface area contributed by atoms with Gasteiger partial charge in [-0.15, -0.1) is 0 Å². The number of aryl methyl sites for hydroxylation is 1. The van der Waals surface area contributed by atoms with Crippen molar-refractivity contribution in [1.29, 1.82) is 10.5 Å². The van der Waals surface area contributed by atoms with Crippen LogP contribution in [-0.2, 0) is 6.42 Å². The molecule has 3 heterocycles. The number of nitriles is 2. The van der Waals surface area contributed by atoms with Crippen LogP contribution >= 0.6 is 0 Å². The highest BCUT2D eigenvalue weighted by Crippen LogP contribution is 2.45. The minimum atomic E-state index is 0.521. The minimum absolute atomic E-state index is 0.521. The van der Waals surface area contributed by atoms with Crippen molar-refractivity contribution in [3.8, 4) is 29.2 Å². The Morgan fingerprint density at radius 1 is 0.480 bits per heavy atom. The largest absolute Gasteiger partial charge is 0.308 e. The lowest BCUT2D eigenvalue weighted by atomic mass is 9.96. The smallest absolute Gasteiger partial charge is 0.104 e. The van der Waals surface area contributed by atoms with Crippen LogP contribution in [0.4, 0.5) is 0 Å². The highest BCUT2D eigenvalue weighted by atomic mass is 15.1. The predicted molar refractivity (Wildman–Crippen MR) is 203 cm³/mol. The van der Waals surface area contributed by atoms with Gasteiger partial charge in [0.05, 0.1) is 50.2 Å². The third-order valence-electron chi connectivity index (χ3n) is 10.6. The van der Waals surface area contributed by atoms with Crippen LogP contribution in [0.15, 0.2) is 127 Å². The fourth-order valence-electron chi connectivity index (χ4n) is 8.54. The molecule has 0 aliphatic heterocycles. The summed E-state index contributed by atoms with van der Waals surface area (Å²) in [4.78, 5) is 0. The number of para-hydroxylation sites is 5. The van der Waals surface area contributed by atoms with Gasteiger partial charge < -0.3 is 13.7 Å². The number of allylic oxidation sites excluding steroid dienone is 1. The number of aromatic nitrogens is 3. The summed E-state index contributed by atoms with van der Waals surface area (Å²) >= 11 is 0. The molecule has 1 aliphatic rings. The van der Waals surface area contributed by atoms with E-state index in [4.69, 9.17) is 0 Å². The van der Waals surface area contributed by atoms with E-state index < -0.39 is 0 Å². The zero-order valence-electron chi connectivity index (χ0n) is 27.4. The first-order chi connectivity index (χ1) is 24.7. The van der Waals surface area contributed by atoms with Crippen LogP contribution in [0.1, 0.15) is 34.4 Å². The zero-order chi connectivity index (χ0) is 33.5. The third kappa shape index (κ3) is 3.64. The first-order valence-corrected chi connectivity index (χ1v) is 17.0. The fourth-order valence-corrected chi connectivity index (χ4v) is 8.54. The summed E-state index contributed by atoms with van der Waals surface area (Å²) in [6.07, 6.45) is 6.29. The molecule has 0 amide bonds. The Morgan fingerprint density at radius 3 is 1.34 bits per heavy atom. The van der Waals surface area contributed by atoms with Gasteiger partial charge >= 0.3 is 0 Å². The molecule has 0 radical (unpaired) electrons. The summed E-state index contributed by atoms with van der Waals surface area (Å²) in [5, 5.41) is 28.5. The van der Waals surface area contributed by atoms with Crippen LogP contribution < -0.4 is 0 Å². The Balaban J connectivity index is 1.50. The molecule has 50 heavy (non-hydrogen) atoms. The number of benzene rings is 6. The molecule has 10 rings (SSSR count). The van der Waals surface area contributed by atoms with Gasteiger partial charge in [0.1, 0.15) is 17.7 Å². The van der Waals surface area contributed by atoms with Crippen molar-refractivity contribution >= 4 is 60.6 Å². The quantitative estimate of drug-likeness (QED) is 0.193. The van der Waals surface area contributed by atoms with Crippen LogP contribution in [0, 0.1) is 29.6 Å². The van der Waals surface area contributed by atoms with E-state index in [1.54, 1.807) is 0 Å². The van der Waals surface area contributed by atoms with Crippen LogP contribution in [0.3, 0.4) is 0 Å². The number of fused-ring (bicyclic) bond motifs is 9. The second-order valence-electron chi connectivity index (χ2n) is 13.0. The van der Waals surface area contributed by atoms with Gasteiger partial charge in [-0.05, 0) is 67.3 Å². The van der Waals surface area contributed by atoms with E-state index in [2.05, 4.69) is 135 Å². The summed E-state index contributed by atoms with van der Waals surface area (Å²) in [6, 6.07) is 47.3. The lowest BCUT2D eigenvalue weighted by molar-refractivity contribution is 0.958. The minimum Gasteiger partial charge on any atom is -0.308 e. The normalized spacial score (nSPS) is 12.6. The van der Waals surface area contributed by atoms with Crippen molar-refractivity contribution in [2.24, 2.45) is 0 Å². The number of hydrogen-bond acceptors (Lipinski definition) is 2. The first-order valence-electron chi connectivity index (χ1n) is 17.0. The van der Waals surface area contributed by atoms with E-state index in [0.717, 1.165) is 78.9 Å². The average molecular weight is 640 g/mol. The number of rotatable bonds is 3. The van der Waals surface area contributed by atoms with Gasteiger partial charge in [-0.3, -0.25) is 0 Å². The molecule has 3 aromatic heterocycles. The van der Waals surface area contributed by atoms with Gasteiger partial charge in [-0.25, -0.2) is 0 Å². The van der Waals surface area contributed by atoms with Crippen molar-refractivity contribution in [1.82, 2.24) is 13.7 Å². The van der Waals surface area contributed by atoms with Gasteiger partial charge in [-0.1, -0.05) is 97.1 Å². The molecule has 0 unspecified atom stereocenters. The Morgan fingerprint density at radius 2 is 0.880 bits per heavy atom. The van der Waals surface area contributed by atoms with Gasteiger partial charge in [0, 0.05) is 32.6 Å². The highest BCUT2D eigenvalue weighted by molar-refractivity contribution is 6.12. The molecule has 9 aromatic rings. The van der Waals surface area contributed by atoms with Gasteiger partial charge in [-0.2, -0.15) is 10.5 Å². The topological polar surface area (TPSA) is 62.4 Å². The van der Waals surface area contributed by atoms with Gasteiger partial charge in [0.15, 0.2) is 0 Å². The molecule has 6 aromatic carbocycles. The Bertz CT molecular complexity index is 2910. The summed E-state index contributed by atoms with van der Waals surface area (Å²) in [5.41, 5.74) is 11.3. The third-order valence-corrected chi connectivity index (χ3v) is 10.6. The van der Waals surface area contributed by atoms with Crippen molar-refractivity contribution in [2.75, 3.05) is 0 Å². The molecular weight excluding hydrogens is 611 g/mol. The predicted octanol–water partition coefficient (Wildman–Crippen LogP) is 10.8. The van der Waals surface area contributed by atoms with Crippen molar-refractivity contribution in [3.63, 3.8) is 0 Å². The maximum Gasteiger partial charge on any atom is 0.104 e. The Kier molecular flexibility index (Phi) is 5.98. The van der Waals surface area contributed by atoms with Crippen LogP contribution in [0.5, 0.6) is 0 Å². The summed E-state index contributed by atoms with van der Waals surface area (Å²) < 4.78 is 6.67. The number of nitrogens with zero attached hydrogens (tertiary/aromatic N) is 5. The van der Waals surface area contributed by atoms with E-state index in [0.29, 0.717) is 22.5 Å². The fraction of sp³-hybridized carbons (Fsp3) is 0.0667.